The number of benzene rings is 1. The van der Waals surface area contributed by atoms with Crippen LogP contribution in [0.25, 0.3) is 11.5 Å². The number of nitrogens with zero attached hydrogens (tertiary/aromatic N) is 1. The minimum atomic E-state index is -1.11. The summed E-state index contributed by atoms with van der Waals surface area (Å²) in [6.45, 7) is 5.93. The van der Waals surface area contributed by atoms with Crippen LogP contribution in [0.1, 0.15) is 35.7 Å². The number of carboxylic acids is 1. The predicted molar refractivity (Wildman–Crippen MR) is 77.2 cm³/mol. The van der Waals surface area contributed by atoms with E-state index in [-0.39, 0.29) is 11.7 Å². The number of carboxylic acid groups (broad SMARTS) is 1. The van der Waals surface area contributed by atoms with Crippen molar-refractivity contribution in [3.8, 4) is 11.5 Å². The van der Waals surface area contributed by atoms with E-state index < -0.39 is 5.97 Å². The summed E-state index contributed by atoms with van der Waals surface area (Å²) < 4.78 is 5.39. The molecule has 106 valence electrons. The van der Waals surface area contributed by atoms with Gasteiger partial charge in [-0.25, -0.2) is 9.78 Å². The molecule has 1 N–H and O–H groups in total. The number of hydrogen-bond donors (Lipinski definition) is 1. The van der Waals surface area contributed by atoms with Gasteiger partial charge >= 0.3 is 5.97 Å². The van der Waals surface area contributed by atoms with Crippen molar-refractivity contribution < 1.29 is 14.3 Å². The number of halogens is 1. The van der Waals surface area contributed by atoms with Crippen LogP contribution < -0.4 is 0 Å². The van der Waals surface area contributed by atoms with Gasteiger partial charge in [-0.2, -0.15) is 0 Å². The normalized spacial score (nSPS) is 11.1. The fourth-order valence-corrected chi connectivity index (χ4v) is 2.27. The maximum Gasteiger partial charge on any atom is 0.373 e. The fourth-order valence-electron chi connectivity index (χ4n) is 1.95. The molecule has 2 rings (SSSR count). The lowest BCUT2D eigenvalue weighted by Crippen LogP contribution is -2.03. The molecule has 1 heterocycles. The van der Waals surface area contributed by atoms with Crippen LogP contribution in [0.5, 0.6) is 0 Å². The average molecular weight is 294 g/mol. The van der Waals surface area contributed by atoms with Crippen LogP contribution in [0, 0.1) is 12.8 Å². The summed E-state index contributed by atoms with van der Waals surface area (Å²) in [7, 11) is 0. The first-order valence-electron chi connectivity index (χ1n) is 6.38. The maximum absolute atomic E-state index is 11.2. The highest BCUT2D eigenvalue weighted by Crippen LogP contribution is 2.30. The molecular weight excluding hydrogens is 278 g/mol. The van der Waals surface area contributed by atoms with Crippen molar-refractivity contribution >= 4 is 17.6 Å². The molecule has 0 aliphatic rings. The summed E-state index contributed by atoms with van der Waals surface area (Å²) in [6.07, 6.45) is 0.550. The van der Waals surface area contributed by atoms with Gasteiger partial charge < -0.3 is 9.52 Å². The molecule has 0 fully saturated rings. The van der Waals surface area contributed by atoms with Crippen LogP contribution in [-0.2, 0) is 6.42 Å². The Labute approximate surface area is 122 Å². The highest BCUT2D eigenvalue weighted by atomic mass is 35.5. The summed E-state index contributed by atoms with van der Waals surface area (Å²) in [5.41, 5.74) is 2.08. The summed E-state index contributed by atoms with van der Waals surface area (Å²) in [5.74, 6) is -0.671. The van der Waals surface area contributed by atoms with Crippen molar-refractivity contribution in [3.63, 3.8) is 0 Å². The van der Waals surface area contributed by atoms with Gasteiger partial charge in [0.1, 0.15) is 0 Å². The first-order valence-corrected chi connectivity index (χ1v) is 6.75. The number of aryl methyl sites for hydroxylation is 1. The average Bonchev–Trinajstić information content (AvgIpc) is 2.71. The van der Waals surface area contributed by atoms with Crippen LogP contribution in [-0.4, -0.2) is 16.1 Å². The zero-order chi connectivity index (χ0) is 14.9. The van der Waals surface area contributed by atoms with E-state index in [1.807, 2.05) is 26.8 Å². The van der Waals surface area contributed by atoms with Crippen LogP contribution >= 0.6 is 11.6 Å². The van der Waals surface area contributed by atoms with Crippen molar-refractivity contribution in [2.75, 3.05) is 0 Å². The molecular formula is C15H16ClNO3. The first-order chi connectivity index (χ1) is 9.38. The molecule has 0 aliphatic heterocycles. The second-order valence-electron chi connectivity index (χ2n) is 5.18. The van der Waals surface area contributed by atoms with Gasteiger partial charge in [0.2, 0.25) is 11.7 Å². The molecule has 2 aromatic rings. The lowest BCUT2D eigenvalue weighted by molar-refractivity contribution is 0.0661. The topological polar surface area (TPSA) is 63.3 Å². The second-order valence-corrected chi connectivity index (χ2v) is 5.59. The van der Waals surface area contributed by atoms with Crippen LogP contribution in [0.4, 0.5) is 0 Å². The molecule has 4 nitrogen and oxygen atoms in total. The zero-order valence-electron chi connectivity index (χ0n) is 11.6. The van der Waals surface area contributed by atoms with Crippen molar-refractivity contribution in [2.45, 2.75) is 27.2 Å². The van der Waals surface area contributed by atoms with Gasteiger partial charge in [0.15, 0.2) is 0 Å². The van der Waals surface area contributed by atoms with Gasteiger partial charge in [-0.3, -0.25) is 0 Å². The third-order valence-corrected chi connectivity index (χ3v) is 3.16. The Morgan fingerprint density at radius 1 is 1.45 bits per heavy atom. The molecule has 0 saturated carbocycles. The van der Waals surface area contributed by atoms with Crippen LogP contribution in [0.15, 0.2) is 22.6 Å². The number of rotatable bonds is 4. The second kappa shape index (κ2) is 5.67. The van der Waals surface area contributed by atoms with E-state index >= 15 is 0 Å². The third kappa shape index (κ3) is 3.02. The van der Waals surface area contributed by atoms with E-state index in [0.29, 0.717) is 28.6 Å². The van der Waals surface area contributed by atoms with Gasteiger partial charge in [0, 0.05) is 0 Å². The van der Waals surface area contributed by atoms with E-state index in [1.165, 1.54) is 0 Å². The smallest absolute Gasteiger partial charge is 0.373 e. The number of aromatic nitrogens is 1. The lowest BCUT2D eigenvalue weighted by Gasteiger charge is -2.00. The lowest BCUT2D eigenvalue weighted by atomic mass is 10.1. The highest BCUT2D eigenvalue weighted by Gasteiger charge is 2.22. The van der Waals surface area contributed by atoms with Crippen LogP contribution in [0.2, 0.25) is 5.02 Å². The molecule has 0 radical (unpaired) electrons. The molecule has 1 aromatic carbocycles. The standard InChI is InChI=1S/C15H16ClNO3/c1-8(2)6-12-13(15(18)19)20-14(17-12)10-5-4-9(3)7-11(10)16/h4-5,7-8H,6H2,1-3H3,(H,18,19). The Morgan fingerprint density at radius 3 is 2.70 bits per heavy atom. The van der Waals surface area contributed by atoms with Crippen molar-refractivity contribution in [2.24, 2.45) is 5.92 Å². The Bertz CT molecular complexity index is 647. The molecule has 0 saturated heterocycles. The van der Waals surface area contributed by atoms with Crippen molar-refractivity contribution in [1.29, 1.82) is 0 Å². The summed E-state index contributed by atoms with van der Waals surface area (Å²) in [5, 5.41) is 9.68. The Kier molecular flexibility index (Phi) is 4.14. The van der Waals surface area contributed by atoms with Gasteiger partial charge in [-0.15, -0.1) is 0 Å². The first kappa shape index (κ1) is 14.6. The number of oxazole rings is 1. The third-order valence-electron chi connectivity index (χ3n) is 2.85. The molecule has 0 spiro atoms. The Balaban J connectivity index is 2.49. The molecule has 20 heavy (non-hydrogen) atoms. The van der Waals surface area contributed by atoms with E-state index in [4.69, 9.17) is 16.0 Å². The molecule has 0 atom stereocenters. The van der Waals surface area contributed by atoms with E-state index in [0.717, 1.165) is 5.56 Å². The summed E-state index contributed by atoms with van der Waals surface area (Å²) in [4.78, 5) is 15.5. The summed E-state index contributed by atoms with van der Waals surface area (Å²) >= 11 is 6.16. The van der Waals surface area contributed by atoms with Crippen molar-refractivity contribution in [1.82, 2.24) is 4.98 Å². The van der Waals surface area contributed by atoms with Gasteiger partial charge in [-0.05, 0) is 37.0 Å². The molecule has 0 unspecified atom stereocenters. The van der Waals surface area contributed by atoms with E-state index in [2.05, 4.69) is 4.98 Å². The quantitative estimate of drug-likeness (QED) is 0.917. The minimum absolute atomic E-state index is 0.106. The van der Waals surface area contributed by atoms with E-state index in [9.17, 15) is 9.90 Å². The largest absolute Gasteiger partial charge is 0.475 e. The fraction of sp³-hybridized carbons (Fsp3) is 0.333. The minimum Gasteiger partial charge on any atom is -0.475 e. The maximum atomic E-state index is 11.2. The Hall–Kier alpha value is -1.81. The predicted octanol–water partition coefficient (Wildman–Crippen LogP) is 4.20. The van der Waals surface area contributed by atoms with Gasteiger partial charge in [0.05, 0.1) is 16.3 Å². The number of aromatic carboxylic acids is 1. The van der Waals surface area contributed by atoms with E-state index in [1.54, 1.807) is 12.1 Å². The highest BCUT2D eigenvalue weighted by molar-refractivity contribution is 6.33. The molecule has 0 aliphatic carbocycles. The monoisotopic (exact) mass is 293 g/mol. The zero-order valence-corrected chi connectivity index (χ0v) is 12.4. The molecule has 0 amide bonds. The number of hydrogen-bond acceptors (Lipinski definition) is 3. The molecule has 5 heteroatoms. The van der Waals surface area contributed by atoms with Gasteiger partial charge in [-0.1, -0.05) is 31.5 Å². The molecule has 1 aromatic heterocycles. The number of carbonyl (C=O) groups is 1. The van der Waals surface area contributed by atoms with Gasteiger partial charge in [0.25, 0.3) is 0 Å². The van der Waals surface area contributed by atoms with Crippen LogP contribution in [0.3, 0.4) is 0 Å². The SMILES string of the molecule is Cc1ccc(-c2nc(CC(C)C)c(C(=O)O)o2)c(Cl)c1. The Morgan fingerprint density at radius 2 is 2.15 bits per heavy atom. The summed E-state index contributed by atoms with van der Waals surface area (Å²) in [6, 6.07) is 5.46. The van der Waals surface area contributed by atoms with Crippen molar-refractivity contribution in [3.05, 3.63) is 40.2 Å². The molecule has 0 bridgehead atoms.